The van der Waals surface area contributed by atoms with Crippen LogP contribution in [-0.4, -0.2) is 26.5 Å². The van der Waals surface area contributed by atoms with Crippen LogP contribution in [-0.2, 0) is 10.0 Å². The highest BCUT2D eigenvalue weighted by Crippen LogP contribution is 2.22. The molecule has 2 rings (SSSR count). The maximum absolute atomic E-state index is 12.1. The van der Waals surface area contributed by atoms with E-state index < -0.39 is 14.9 Å². The van der Waals surface area contributed by atoms with Crippen molar-refractivity contribution in [2.75, 3.05) is 13.2 Å². The summed E-state index contributed by atoms with van der Waals surface area (Å²) in [7, 11) is -3.88. The lowest BCUT2D eigenvalue weighted by Crippen LogP contribution is -2.24. The van der Waals surface area contributed by atoms with E-state index in [2.05, 4.69) is 16.6 Å². The minimum atomic E-state index is -3.88. The highest BCUT2D eigenvalue weighted by atomic mass is 35.5. The molecule has 7 nitrogen and oxygen atoms in total. The zero-order valence-electron chi connectivity index (χ0n) is 12.8. The van der Waals surface area contributed by atoms with Gasteiger partial charge in [-0.25, -0.2) is 8.42 Å². The largest absolute Gasteiger partial charge is 0.479 e. The molecule has 1 N–H and O–H groups in total. The van der Waals surface area contributed by atoms with Crippen molar-refractivity contribution < 1.29 is 18.1 Å². The summed E-state index contributed by atoms with van der Waals surface area (Å²) in [5, 5.41) is 11.2. The topological polar surface area (TPSA) is 98.5 Å². The SMILES string of the molecule is O=[N+]([O-])c1cccc(S(=O)(=O)NCC#CCOc2ccccc2Cl)c1. The number of ether oxygens (including phenoxy) is 1. The molecule has 0 unspecified atom stereocenters. The molecule has 0 aliphatic heterocycles. The summed E-state index contributed by atoms with van der Waals surface area (Å²) in [6.07, 6.45) is 0. The highest BCUT2D eigenvalue weighted by Gasteiger charge is 2.16. The Hall–Kier alpha value is -2.60. The lowest BCUT2D eigenvalue weighted by molar-refractivity contribution is -0.385. The fourth-order valence-electron chi connectivity index (χ4n) is 1.77. The second-order valence-electron chi connectivity index (χ2n) is 4.65. The van der Waals surface area contributed by atoms with Crippen molar-refractivity contribution in [1.82, 2.24) is 4.72 Å². The van der Waals surface area contributed by atoms with Gasteiger partial charge in [-0.05, 0) is 18.2 Å². The van der Waals surface area contributed by atoms with Crippen molar-refractivity contribution in [1.29, 1.82) is 0 Å². The summed E-state index contributed by atoms with van der Waals surface area (Å²) in [5.74, 6) is 5.73. The fourth-order valence-corrected chi connectivity index (χ4v) is 2.92. The average molecular weight is 381 g/mol. The van der Waals surface area contributed by atoms with E-state index in [-0.39, 0.29) is 23.7 Å². The molecule has 130 valence electrons. The predicted octanol–water partition coefficient (Wildman–Crippen LogP) is 2.61. The van der Waals surface area contributed by atoms with Gasteiger partial charge in [0.2, 0.25) is 10.0 Å². The molecule has 0 spiro atoms. The number of non-ortho nitro benzene ring substituents is 1. The Labute approximate surface area is 149 Å². The van der Waals surface area contributed by atoms with Crippen molar-refractivity contribution in [2.45, 2.75) is 4.90 Å². The third-order valence-electron chi connectivity index (χ3n) is 2.95. The maximum atomic E-state index is 12.1. The van der Waals surface area contributed by atoms with Crippen LogP contribution in [0.25, 0.3) is 0 Å². The molecule has 0 aliphatic rings. The number of nitrogens with one attached hydrogen (secondary N) is 1. The van der Waals surface area contributed by atoms with Gasteiger partial charge < -0.3 is 4.74 Å². The molecule has 0 amide bonds. The molecule has 2 aromatic rings. The maximum Gasteiger partial charge on any atom is 0.270 e. The Bertz CT molecular complexity index is 935. The number of nitro benzene ring substituents is 1. The van der Waals surface area contributed by atoms with Crippen molar-refractivity contribution >= 4 is 27.3 Å². The minimum Gasteiger partial charge on any atom is -0.479 e. The van der Waals surface area contributed by atoms with Crippen LogP contribution in [0.2, 0.25) is 5.02 Å². The van der Waals surface area contributed by atoms with E-state index in [1.54, 1.807) is 24.3 Å². The summed E-state index contributed by atoms with van der Waals surface area (Å²) < 4.78 is 31.7. The summed E-state index contributed by atoms with van der Waals surface area (Å²) in [4.78, 5) is 9.84. The standard InChI is InChI=1S/C16H13ClN2O5S/c17-15-8-1-2-9-16(15)24-11-4-3-10-18-25(22,23)14-7-5-6-13(12-14)19(20)21/h1-2,5-9,12,18H,10-11H2. The third kappa shape index (κ3) is 5.46. The van der Waals surface area contributed by atoms with Crippen molar-refractivity contribution in [3.63, 3.8) is 0 Å². The predicted molar refractivity (Wildman–Crippen MR) is 93.0 cm³/mol. The minimum absolute atomic E-state index is 0.0439. The molecule has 2 aromatic carbocycles. The number of hydrogen-bond acceptors (Lipinski definition) is 5. The van der Waals surface area contributed by atoms with Gasteiger partial charge in [-0.3, -0.25) is 10.1 Å². The Morgan fingerprint density at radius 2 is 1.92 bits per heavy atom. The molecule has 25 heavy (non-hydrogen) atoms. The van der Waals surface area contributed by atoms with Gasteiger partial charge in [-0.15, -0.1) is 0 Å². The first kappa shape index (κ1) is 18.7. The summed E-state index contributed by atoms with van der Waals surface area (Å²) in [6.45, 7) is -0.112. The monoisotopic (exact) mass is 380 g/mol. The van der Waals surface area contributed by atoms with Gasteiger partial charge in [0, 0.05) is 12.1 Å². The summed E-state index contributed by atoms with van der Waals surface area (Å²) in [6, 6.07) is 11.7. The number of benzene rings is 2. The van der Waals surface area contributed by atoms with Crippen LogP contribution in [0, 0.1) is 22.0 Å². The molecular weight excluding hydrogens is 368 g/mol. The summed E-state index contributed by atoms with van der Waals surface area (Å²) >= 11 is 5.91. The van der Waals surface area contributed by atoms with Gasteiger partial charge in [0.15, 0.2) is 0 Å². The number of sulfonamides is 1. The molecule has 0 atom stereocenters. The molecule has 0 radical (unpaired) electrons. The van der Waals surface area contributed by atoms with Crippen LogP contribution in [0.4, 0.5) is 5.69 Å². The van der Waals surface area contributed by atoms with Crippen molar-refractivity contribution in [3.05, 3.63) is 63.7 Å². The van der Waals surface area contributed by atoms with Crippen LogP contribution in [0.15, 0.2) is 53.4 Å². The molecule has 0 aliphatic carbocycles. The molecule has 9 heteroatoms. The van der Waals surface area contributed by atoms with Crippen molar-refractivity contribution in [3.8, 4) is 17.6 Å². The van der Waals surface area contributed by atoms with Crippen LogP contribution < -0.4 is 9.46 Å². The molecule has 0 fully saturated rings. The second kappa shape index (κ2) is 8.48. The Balaban J connectivity index is 1.90. The van der Waals surface area contributed by atoms with Gasteiger partial charge in [0.25, 0.3) is 5.69 Å². The number of rotatable bonds is 6. The molecule has 0 bridgehead atoms. The molecule has 0 saturated heterocycles. The Morgan fingerprint density at radius 1 is 1.16 bits per heavy atom. The molecule has 0 heterocycles. The zero-order valence-corrected chi connectivity index (χ0v) is 14.4. The second-order valence-corrected chi connectivity index (χ2v) is 6.83. The van der Waals surface area contributed by atoms with E-state index >= 15 is 0 Å². The van der Waals surface area contributed by atoms with Crippen LogP contribution >= 0.6 is 11.6 Å². The van der Waals surface area contributed by atoms with E-state index in [0.717, 1.165) is 6.07 Å². The van der Waals surface area contributed by atoms with Crippen LogP contribution in [0.3, 0.4) is 0 Å². The normalized spacial score (nSPS) is 10.6. The molecular formula is C16H13ClN2O5S. The number of hydrogen-bond donors (Lipinski definition) is 1. The van der Waals surface area contributed by atoms with E-state index in [9.17, 15) is 18.5 Å². The van der Waals surface area contributed by atoms with E-state index in [4.69, 9.17) is 16.3 Å². The van der Waals surface area contributed by atoms with E-state index in [1.807, 2.05) is 0 Å². The van der Waals surface area contributed by atoms with E-state index in [0.29, 0.717) is 10.8 Å². The number of halogens is 1. The quantitative estimate of drug-likeness (QED) is 0.472. The van der Waals surface area contributed by atoms with Gasteiger partial charge in [-0.1, -0.05) is 41.6 Å². The first-order chi connectivity index (χ1) is 11.9. The third-order valence-corrected chi connectivity index (χ3v) is 4.66. The lowest BCUT2D eigenvalue weighted by Gasteiger charge is -2.04. The smallest absolute Gasteiger partial charge is 0.270 e. The van der Waals surface area contributed by atoms with Crippen molar-refractivity contribution in [2.24, 2.45) is 0 Å². The van der Waals surface area contributed by atoms with Gasteiger partial charge in [0.1, 0.15) is 12.4 Å². The van der Waals surface area contributed by atoms with E-state index in [1.165, 1.54) is 18.2 Å². The van der Waals surface area contributed by atoms with Gasteiger partial charge >= 0.3 is 0 Å². The van der Waals surface area contributed by atoms with Crippen LogP contribution in [0.1, 0.15) is 0 Å². The fraction of sp³-hybridized carbons (Fsp3) is 0.125. The first-order valence-electron chi connectivity index (χ1n) is 6.97. The Kier molecular flexibility index (Phi) is 6.36. The zero-order chi connectivity index (χ0) is 18.3. The van der Waals surface area contributed by atoms with Gasteiger partial charge in [-0.2, -0.15) is 4.72 Å². The Morgan fingerprint density at radius 3 is 2.64 bits per heavy atom. The first-order valence-corrected chi connectivity index (χ1v) is 8.83. The summed E-state index contributed by atoms with van der Waals surface area (Å²) in [5.41, 5.74) is -0.304. The molecule has 0 aromatic heterocycles. The highest BCUT2D eigenvalue weighted by molar-refractivity contribution is 7.89. The average Bonchev–Trinajstić information content (AvgIpc) is 2.59. The van der Waals surface area contributed by atoms with Crippen LogP contribution in [0.5, 0.6) is 5.75 Å². The number of para-hydroxylation sites is 1. The number of nitro groups is 1. The lowest BCUT2D eigenvalue weighted by atomic mass is 10.3. The molecule has 0 saturated carbocycles. The number of nitrogens with zero attached hydrogens (tertiary/aromatic N) is 1. The van der Waals surface area contributed by atoms with Gasteiger partial charge in [0.05, 0.1) is 21.4 Å².